The van der Waals surface area contributed by atoms with Gasteiger partial charge >= 0.3 is 0 Å². The normalized spacial score (nSPS) is 11.3. The van der Waals surface area contributed by atoms with Gasteiger partial charge in [0.15, 0.2) is 9.84 Å². The summed E-state index contributed by atoms with van der Waals surface area (Å²) in [7, 11) is -3.13. The Morgan fingerprint density at radius 1 is 1.10 bits per heavy atom. The quantitative estimate of drug-likeness (QED) is 0.854. The van der Waals surface area contributed by atoms with Gasteiger partial charge in [0.25, 0.3) is 0 Å². The lowest BCUT2D eigenvalue weighted by atomic mass is 10.2. The second-order valence-electron chi connectivity index (χ2n) is 4.84. The van der Waals surface area contributed by atoms with Gasteiger partial charge in [0.2, 0.25) is 0 Å². The summed E-state index contributed by atoms with van der Waals surface area (Å²) in [5.74, 6) is 0.194. The molecule has 0 saturated carbocycles. The van der Waals surface area contributed by atoms with Gasteiger partial charge in [0.05, 0.1) is 10.6 Å². The molecular formula is C16H20N2O2S. The lowest BCUT2D eigenvalue weighted by Gasteiger charge is -2.08. The molecule has 0 amide bonds. The molecular weight excluding hydrogens is 284 g/mol. The van der Waals surface area contributed by atoms with Gasteiger partial charge in [0.1, 0.15) is 0 Å². The van der Waals surface area contributed by atoms with E-state index in [0.29, 0.717) is 11.3 Å². The molecule has 2 aromatic rings. The van der Waals surface area contributed by atoms with Crippen LogP contribution in [-0.2, 0) is 16.3 Å². The average molecular weight is 304 g/mol. The molecule has 0 unspecified atom stereocenters. The van der Waals surface area contributed by atoms with Gasteiger partial charge in [0, 0.05) is 30.5 Å². The van der Waals surface area contributed by atoms with Crippen molar-refractivity contribution in [3.05, 3.63) is 54.4 Å². The molecule has 0 spiro atoms. The molecule has 5 heteroatoms. The molecule has 0 aliphatic rings. The molecule has 0 radical (unpaired) electrons. The number of pyridine rings is 1. The number of nitrogens with one attached hydrogen (secondary N) is 1. The Labute approximate surface area is 126 Å². The molecule has 0 atom stereocenters. The first-order chi connectivity index (χ1) is 10.1. The minimum Gasteiger partial charge on any atom is -0.385 e. The van der Waals surface area contributed by atoms with E-state index in [4.69, 9.17) is 0 Å². The number of rotatable bonds is 7. The topological polar surface area (TPSA) is 59.1 Å². The van der Waals surface area contributed by atoms with Crippen molar-refractivity contribution in [2.45, 2.75) is 24.7 Å². The molecule has 0 bridgehead atoms. The predicted molar refractivity (Wildman–Crippen MR) is 85.2 cm³/mol. The molecule has 1 N–H and O–H groups in total. The van der Waals surface area contributed by atoms with E-state index >= 15 is 0 Å². The maximum Gasteiger partial charge on any atom is 0.178 e. The molecule has 0 fully saturated rings. The van der Waals surface area contributed by atoms with Gasteiger partial charge in [-0.25, -0.2) is 8.42 Å². The summed E-state index contributed by atoms with van der Waals surface area (Å²) in [6.45, 7) is 2.63. The van der Waals surface area contributed by atoms with Crippen LogP contribution in [0.4, 0.5) is 5.69 Å². The van der Waals surface area contributed by atoms with E-state index < -0.39 is 9.84 Å². The number of nitrogens with zero attached hydrogens (tertiary/aromatic N) is 1. The van der Waals surface area contributed by atoms with Crippen LogP contribution in [0.25, 0.3) is 0 Å². The van der Waals surface area contributed by atoms with Gasteiger partial charge in [-0.3, -0.25) is 4.98 Å². The summed E-state index contributed by atoms with van der Waals surface area (Å²) in [5.41, 5.74) is 1.95. The maximum absolute atomic E-state index is 11.9. The number of hydrogen-bond acceptors (Lipinski definition) is 4. The maximum atomic E-state index is 11.9. The molecule has 1 aromatic carbocycles. The van der Waals surface area contributed by atoms with Crippen LogP contribution in [-0.4, -0.2) is 25.7 Å². The second kappa shape index (κ2) is 7.22. The van der Waals surface area contributed by atoms with Crippen LogP contribution < -0.4 is 5.32 Å². The lowest BCUT2D eigenvalue weighted by molar-refractivity contribution is 0.595. The zero-order valence-electron chi connectivity index (χ0n) is 12.1. The summed E-state index contributed by atoms with van der Waals surface area (Å²) in [5, 5.41) is 3.27. The molecule has 4 nitrogen and oxygen atoms in total. The van der Waals surface area contributed by atoms with Crippen molar-refractivity contribution >= 4 is 15.5 Å². The SMILES string of the molecule is CCCS(=O)(=O)c1ccc(NCCc2ccccn2)cc1. The molecule has 112 valence electrons. The Bertz CT molecular complexity index is 652. The van der Waals surface area contributed by atoms with Crippen LogP contribution in [0, 0.1) is 0 Å². The summed E-state index contributed by atoms with van der Waals surface area (Å²) in [4.78, 5) is 4.65. The number of aromatic nitrogens is 1. The Balaban J connectivity index is 1.91. The number of anilines is 1. The van der Waals surface area contributed by atoms with Crippen molar-refractivity contribution < 1.29 is 8.42 Å². The fourth-order valence-corrected chi connectivity index (χ4v) is 3.37. The van der Waals surface area contributed by atoms with Crippen molar-refractivity contribution in [1.82, 2.24) is 4.98 Å². The fourth-order valence-electron chi connectivity index (χ4n) is 2.05. The smallest absolute Gasteiger partial charge is 0.178 e. The molecule has 0 aliphatic carbocycles. The highest BCUT2D eigenvalue weighted by atomic mass is 32.2. The van der Waals surface area contributed by atoms with E-state index in [1.807, 2.05) is 25.1 Å². The van der Waals surface area contributed by atoms with E-state index in [1.165, 1.54) is 0 Å². The molecule has 1 aromatic heterocycles. The van der Waals surface area contributed by atoms with Crippen LogP contribution in [0.1, 0.15) is 19.0 Å². The zero-order chi connectivity index (χ0) is 15.1. The highest BCUT2D eigenvalue weighted by molar-refractivity contribution is 7.91. The summed E-state index contributed by atoms with van der Waals surface area (Å²) in [6, 6.07) is 12.8. The minimum absolute atomic E-state index is 0.194. The largest absolute Gasteiger partial charge is 0.385 e. The Kier molecular flexibility index (Phi) is 5.33. The first-order valence-electron chi connectivity index (χ1n) is 7.08. The standard InChI is InChI=1S/C16H20N2O2S/c1-2-13-21(19,20)16-8-6-15(7-9-16)18-12-10-14-5-3-4-11-17-14/h3-9,11,18H,2,10,12-13H2,1H3. The van der Waals surface area contributed by atoms with E-state index in [1.54, 1.807) is 30.5 Å². The van der Waals surface area contributed by atoms with Gasteiger partial charge < -0.3 is 5.32 Å². The van der Waals surface area contributed by atoms with Gasteiger partial charge in [-0.2, -0.15) is 0 Å². The van der Waals surface area contributed by atoms with E-state index in [9.17, 15) is 8.42 Å². The summed E-state index contributed by atoms with van der Waals surface area (Å²) in [6.07, 6.45) is 3.24. The van der Waals surface area contributed by atoms with Crippen molar-refractivity contribution in [3.63, 3.8) is 0 Å². The van der Waals surface area contributed by atoms with Crippen molar-refractivity contribution in [2.75, 3.05) is 17.6 Å². The Morgan fingerprint density at radius 3 is 2.48 bits per heavy atom. The number of sulfone groups is 1. The number of hydrogen-bond donors (Lipinski definition) is 1. The van der Waals surface area contributed by atoms with E-state index in [0.717, 1.165) is 24.3 Å². The molecule has 1 heterocycles. The molecule has 21 heavy (non-hydrogen) atoms. The third-order valence-corrected chi connectivity index (χ3v) is 5.06. The Morgan fingerprint density at radius 2 is 1.86 bits per heavy atom. The van der Waals surface area contributed by atoms with Gasteiger partial charge in [-0.1, -0.05) is 13.0 Å². The first kappa shape index (κ1) is 15.5. The third-order valence-electron chi connectivity index (χ3n) is 3.12. The highest BCUT2D eigenvalue weighted by Gasteiger charge is 2.12. The van der Waals surface area contributed by atoms with Crippen LogP contribution in [0.15, 0.2) is 53.6 Å². The first-order valence-corrected chi connectivity index (χ1v) is 8.73. The lowest BCUT2D eigenvalue weighted by Crippen LogP contribution is -2.07. The fraction of sp³-hybridized carbons (Fsp3) is 0.312. The molecule has 0 aliphatic heterocycles. The number of benzene rings is 1. The second-order valence-corrected chi connectivity index (χ2v) is 6.95. The summed E-state index contributed by atoms with van der Waals surface area (Å²) < 4.78 is 23.8. The van der Waals surface area contributed by atoms with Crippen LogP contribution in [0.5, 0.6) is 0 Å². The highest BCUT2D eigenvalue weighted by Crippen LogP contribution is 2.16. The summed E-state index contributed by atoms with van der Waals surface area (Å²) >= 11 is 0. The van der Waals surface area contributed by atoms with Crippen molar-refractivity contribution in [2.24, 2.45) is 0 Å². The van der Waals surface area contributed by atoms with E-state index in [2.05, 4.69) is 10.3 Å². The van der Waals surface area contributed by atoms with Crippen molar-refractivity contribution in [1.29, 1.82) is 0 Å². The third kappa shape index (κ3) is 4.56. The minimum atomic E-state index is -3.13. The van der Waals surface area contributed by atoms with E-state index in [-0.39, 0.29) is 5.75 Å². The van der Waals surface area contributed by atoms with Gasteiger partial charge in [-0.05, 0) is 42.8 Å². The van der Waals surface area contributed by atoms with Crippen molar-refractivity contribution in [3.8, 4) is 0 Å². The van der Waals surface area contributed by atoms with Crippen LogP contribution in [0.2, 0.25) is 0 Å². The molecule has 0 saturated heterocycles. The molecule has 2 rings (SSSR count). The Hall–Kier alpha value is -1.88. The average Bonchev–Trinajstić information content (AvgIpc) is 2.49. The van der Waals surface area contributed by atoms with Gasteiger partial charge in [-0.15, -0.1) is 0 Å². The zero-order valence-corrected chi connectivity index (χ0v) is 12.9. The van der Waals surface area contributed by atoms with Crippen LogP contribution in [0.3, 0.4) is 0 Å². The van der Waals surface area contributed by atoms with Crippen LogP contribution >= 0.6 is 0 Å². The predicted octanol–water partition coefficient (Wildman–Crippen LogP) is 2.92. The monoisotopic (exact) mass is 304 g/mol.